The summed E-state index contributed by atoms with van der Waals surface area (Å²) in [4.78, 5) is 12.6. The minimum atomic E-state index is -0.586. The molecule has 6 heteroatoms. The molecule has 1 N–H and O–H groups in total. The zero-order valence-electron chi connectivity index (χ0n) is 15.9. The normalized spacial score (nSPS) is 11.9. The summed E-state index contributed by atoms with van der Waals surface area (Å²) in [6, 6.07) is 14.0. The van der Waals surface area contributed by atoms with Crippen LogP contribution in [0.25, 0.3) is 10.6 Å². The third-order valence-electron chi connectivity index (χ3n) is 4.23. The van der Waals surface area contributed by atoms with Gasteiger partial charge in [-0.1, -0.05) is 60.2 Å². The maximum Gasteiger partial charge on any atom is 0.267 e. The van der Waals surface area contributed by atoms with E-state index in [1.807, 2.05) is 70.2 Å². The Labute approximate surface area is 163 Å². The van der Waals surface area contributed by atoms with Crippen LogP contribution < -0.4 is 10.1 Å². The fourth-order valence-electron chi connectivity index (χ4n) is 2.58. The van der Waals surface area contributed by atoms with Crippen molar-refractivity contribution < 1.29 is 9.53 Å². The number of benzene rings is 2. The van der Waals surface area contributed by atoms with Gasteiger partial charge in [-0.05, 0) is 44.4 Å². The summed E-state index contributed by atoms with van der Waals surface area (Å²) in [5.74, 6) is 0.514. The number of hydrogen-bond donors (Lipinski definition) is 1. The Bertz CT molecular complexity index is 935. The van der Waals surface area contributed by atoms with Gasteiger partial charge in [0.15, 0.2) is 6.10 Å². The number of anilines is 1. The van der Waals surface area contributed by atoms with Crippen LogP contribution in [0.1, 0.15) is 30.0 Å². The molecule has 1 heterocycles. The molecule has 0 aliphatic rings. The molecule has 0 fully saturated rings. The van der Waals surface area contributed by atoms with Crippen molar-refractivity contribution in [3.63, 3.8) is 0 Å². The van der Waals surface area contributed by atoms with Gasteiger partial charge in [-0.3, -0.25) is 10.1 Å². The summed E-state index contributed by atoms with van der Waals surface area (Å²) in [6.07, 6.45) is -0.0275. The van der Waals surface area contributed by atoms with Gasteiger partial charge in [0.05, 0.1) is 0 Å². The molecule has 1 aromatic heterocycles. The average Bonchev–Trinajstić information content (AvgIpc) is 3.11. The van der Waals surface area contributed by atoms with E-state index in [0.717, 1.165) is 27.4 Å². The number of carbonyl (C=O) groups is 1. The fourth-order valence-corrected chi connectivity index (χ4v) is 3.33. The summed E-state index contributed by atoms with van der Waals surface area (Å²) in [6.45, 7) is 7.93. The van der Waals surface area contributed by atoms with E-state index in [1.54, 1.807) is 0 Å². The number of nitrogens with one attached hydrogen (secondary N) is 1. The maximum absolute atomic E-state index is 12.6. The molecular weight excluding hydrogens is 358 g/mol. The van der Waals surface area contributed by atoms with E-state index in [-0.39, 0.29) is 5.91 Å². The zero-order chi connectivity index (χ0) is 19.4. The molecule has 1 amide bonds. The van der Waals surface area contributed by atoms with Crippen molar-refractivity contribution in [3.05, 3.63) is 59.2 Å². The smallest absolute Gasteiger partial charge is 0.267 e. The van der Waals surface area contributed by atoms with Crippen molar-refractivity contribution in [2.45, 2.75) is 40.2 Å². The minimum Gasteiger partial charge on any atom is -0.480 e. The Kier molecular flexibility index (Phi) is 5.86. The third-order valence-corrected chi connectivity index (χ3v) is 5.12. The van der Waals surface area contributed by atoms with E-state index in [9.17, 15) is 4.79 Å². The quantitative estimate of drug-likeness (QED) is 0.658. The Hall–Kier alpha value is -2.73. The molecule has 5 nitrogen and oxygen atoms in total. The first-order valence-electron chi connectivity index (χ1n) is 8.91. The second-order valence-corrected chi connectivity index (χ2v) is 7.53. The van der Waals surface area contributed by atoms with Crippen molar-refractivity contribution >= 4 is 22.4 Å². The van der Waals surface area contributed by atoms with Crippen molar-refractivity contribution in [2.75, 3.05) is 5.32 Å². The predicted molar refractivity (Wildman–Crippen MR) is 109 cm³/mol. The van der Waals surface area contributed by atoms with E-state index in [2.05, 4.69) is 15.5 Å². The highest BCUT2D eigenvalue weighted by Gasteiger charge is 2.21. The first-order chi connectivity index (χ1) is 13.0. The summed E-state index contributed by atoms with van der Waals surface area (Å²) < 4.78 is 5.96. The summed E-state index contributed by atoms with van der Waals surface area (Å²) in [7, 11) is 0. The fraction of sp³-hybridized carbons (Fsp3) is 0.286. The van der Waals surface area contributed by atoms with E-state index < -0.39 is 6.10 Å². The zero-order valence-corrected chi connectivity index (χ0v) is 16.8. The SMILES string of the molecule is CC[C@@H](Oc1cc(C)ccc1C)C(=O)Nc1nnc(-c2ccc(C)cc2)s1. The van der Waals surface area contributed by atoms with Crippen LogP contribution in [0, 0.1) is 20.8 Å². The molecule has 0 aliphatic heterocycles. The first kappa shape index (κ1) is 19.0. The van der Waals surface area contributed by atoms with Crippen molar-refractivity contribution in [2.24, 2.45) is 0 Å². The predicted octanol–water partition coefficient (Wildman–Crippen LogP) is 4.93. The second-order valence-electron chi connectivity index (χ2n) is 6.55. The van der Waals surface area contributed by atoms with Crippen molar-refractivity contribution in [3.8, 4) is 16.3 Å². The van der Waals surface area contributed by atoms with Gasteiger partial charge in [-0.25, -0.2) is 0 Å². The minimum absolute atomic E-state index is 0.218. The number of amides is 1. The molecule has 140 valence electrons. The van der Waals surface area contributed by atoms with Crippen LogP contribution >= 0.6 is 11.3 Å². The Balaban J connectivity index is 1.70. The lowest BCUT2D eigenvalue weighted by Gasteiger charge is -2.18. The Morgan fingerprint density at radius 1 is 1.07 bits per heavy atom. The van der Waals surface area contributed by atoms with Gasteiger partial charge in [0.1, 0.15) is 10.8 Å². The number of aromatic nitrogens is 2. The molecule has 0 aliphatic carbocycles. The lowest BCUT2D eigenvalue weighted by atomic mass is 10.1. The molecule has 0 saturated heterocycles. The van der Waals surface area contributed by atoms with E-state index >= 15 is 0 Å². The highest BCUT2D eigenvalue weighted by molar-refractivity contribution is 7.18. The highest BCUT2D eigenvalue weighted by atomic mass is 32.1. The van der Waals surface area contributed by atoms with E-state index in [0.29, 0.717) is 11.6 Å². The van der Waals surface area contributed by atoms with Gasteiger partial charge in [0, 0.05) is 5.56 Å². The molecule has 0 spiro atoms. The lowest BCUT2D eigenvalue weighted by Crippen LogP contribution is -2.32. The largest absolute Gasteiger partial charge is 0.480 e. The number of carbonyl (C=O) groups excluding carboxylic acids is 1. The molecule has 0 unspecified atom stereocenters. The molecule has 0 bridgehead atoms. The average molecular weight is 382 g/mol. The van der Waals surface area contributed by atoms with Gasteiger partial charge in [0.2, 0.25) is 5.13 Å². The molecule has 3 rings (SSSR count). The number of aryl methyl sites for hydroxylation is 3. The van der Waals surface area contributed by atoms with Gasteiger partial charge in [-0.2, -0.15) is 0 Å². The molecule has 27 heavy (non-hydrogen) atoms. The topological polar surface area (TPSA) is 64.1 Å². The number of ether oxygens (including phenoxy) is 1. The van der Waals surface area contributed by atoms with Crippen molar-refractivity contribution in [1.82, 2.24) is 10.2 Å². The van der Waals surface area contributed by atoms with Crippen LogP contribution in [0.5, 0.6) is 5.75 Å². The molecule has 0 radical (unpaired) electrons. The molecule has 0 saturated carbocycles. The van der Waals surface area contributed by atoms with E-state index in [4.69, 9.17) is 4.74 Å². The number of rotatable bonds is 6. The van der Waals surface area contributed by atoms with Gasteiger partial charge in [-0.15, -0.1) is 10.2 Å². The molecule has 3 aromatic rings. The van der Waals surface area contributed by atoms with E-state index in [1.165, 1.54) is 16.9 Å². The van der Waals surface area contributed by atoms with Crippen LogP contribution in [-0.2, 0) is 4.79 Å². The lowest BCUT2D eigenvalue weighted by molar-refractivity contribution is -0.122. The van der Waals surface area contributed by atoms with Gasteiger partial charge >= 0.3 is 0 Å². The molecule has 1 atom stereocenters. The van der Waals surface area contributed by atoms with Crippen LogP contribution in [0.4, 0.5) is 5.13 Å². The molecule has 2 aromatic carbocycles. The van der Waals surface area contributed by atoms with Crippen LogP contribution in [0.2, 0.25) is 0 Å². The van der Waals surface area contributed by atoms with Crippen LogP contribution in [-0.4, -0.2) is 22.2 Å². The maximum atomic E-state index is 12.6. The molecular formula is C21H23N3O2S. The second kappa shape index (κ2) is 8.31. The van der Waals surface area contributed by atoms with Gasteiger partial charge in [0.25, 0.3) is 5.91 Å². The van der Waals surface area contributed by atoms with Crippen molar-refractivity contribution in [1.29, 1.82) is 0 Å². The first-order valence-corrected chi connectivity index (χ1v) is 9.73. The summed E-state index contributed by atoms with van der Waals surface area (Å²) in [5.41, 5.74) is 4.27. The standard InChI is InChI=1S/C21H23N3O2S/c1-5-17(26-18-12-14(3)6-9-15(18)4)19(25)22-21-24-23-20(27-21)16-10-7-13(2)8-11-16/h6-12,17H,5H2,1-4H3,(H,22,24,25)/t17-/m1/s1. The summed E-state index contributed by atoms with van der Waals surface area (Å²) in [5, 5.41) is 12.3. The third kappa shape index (κ3) is 4.71. The monoisotopic (exact) mass is 381 g/mol. The number of hydrogen-bond acceptors (Lipinski definition) is 5. The van der Waals surface area contributed by atoms with Gasteiger partial charge < -0.3 is 4.74 Å². The Morgan fingerprint density at radius 3 is 2.48 bits per heavy atom. The Morgan fingerprint density at radius 2 is 1.78 bits per heavy atom. The van der Waals surface area contributed by atoms with Crippen LogP contribution in [0.3, 0.4) is 0 Å². The highest BCUT2D eigenvalue weighted by Crippen LogP contribution is 2.27. The number of nitrogens with zero attached hydrogens (tertiary/aromatic N) is 2. The summed E-state index contributed by atoms with van der Waals surface area (Å²) >= 11 is 1.35. The van der Waals surface area contributed by atoms with Crippen LogP contribution in [0.15, 0.2) is 42.5 Å².